The Labute approximate surface area is 155 Å². The van der Waals surface area contributed by atoms with Crippen molar-refractivity contribution in [3.63, 3.8) is 0 Å². The van der Waals surface area contributed by atoms with Gasteiger partial charge in [0.1, 0.15) is 17.4 Å². The lowest BCUT2D eigenvalue weighted by molar-refractivity contribution is 0.0984. The second-order valence-corrected chi connectivity index (χ2v) is 5.92. The van der Waals surface area contributed by atoms with E-state index >= 15 is 0 Å². The molecule has 0 atom stereocenters. The minimum absolute atomic E-state index is 0.0431. The molecule has 0 N–H and O–H groups in total. The van der Waals surface area contributed by atoms with E-state index in [1.165, 1.54) is 24.1 Å². The molecule has 26 heavy (non-hydrogen) atoms. The summed E-state index contributed by atoms with van der Waals surface area (Å²) < 4.78 is 19.4. The van der Waals surface area contributed by atoms with Gasteiger partial charge in [0, 0.05) is 22.3 Å². The van der Waals surface area contributed by atoms with E-state index in [4.69, 9.17) is 16.3 Å². The Balaban J connectivity index is 2.02. The van der Waals surface area contributed by atoms with Gasteiger partial charge in [0.05, 0.1) is 13.7 Å². The van der Waals surface area contributed by atoms with Gasteiger partial charge in [-0.2, -0.15) is 0 Å². The summed E-state index contributed by atoms with van der Waals surface area (Å²) in [5, 5.41) is 0.254. The van der Waals surface area contributed by atoms with Gasteiger partial charge in [0.15, 0.2) is 0 Å². The molecule has 0 saturated carbocycles. The number of hydrogen-bond donors (Lipinski definition) is 0. The van der Waals surface area contributed by atoms with E-state index in [-0.39, 0.29) is 23.0 Å². The van der Waals surface area contributed by atoms with Crippen molar-refractivity contribution in [2.45, 2.75) is 6.54 Å². The fourth-order valence-corrected chi connectivity index (χ4v) is 2.75. The molecular weight excluding hydrogens is 355 g/mol. The van der Waals surface area contributed by atoms with E-state index in [1.54, 1.807) is 54.7 Å². The van der Waals surface area contributed by atoms with Gasteiger partial charge in [-0.1, -0.05) is 29.8 Å². The molecule has 0 aliphatic heterocycles. The van der Waals surface area contributed by atoms with Gasteiger partial charge in [0.25, 0.3) is 5.91 Å². The van der Waals surface area contributed by atoms with Crippen molar-refractivity contribution in [3.05, 3.63) is 88.8 Å². The largest absolute Gasteiger partial charge is 0.497 e. The number of halogens is 2. The smallest absolute Gasteiger partial charge is 0.259 e. The first-order chi connectivity index (χ1) is 12.6. The SMILES string of the molecule is COc1cccc(C(=O)N(Cc2c(F)cccc2Cl)c2ccccn2)c1. The number of anilines is 1. The van der Waals surface area contributed by atoms with Crippen LogP contribution in [0.15, 0.2) is 66.9 Å². The van der Waals surface area contributed by atoms with E-state index in [0.717, 1.165) is 0 Å². The fourth-order valence-electron chi connectivity index (χ4n) is 2.52. The Morgan fingerprint density at radius 3 is 2.65 bits per heavy atom. The Bertz CT molecular complexity index is 898. The van der Waals surface area contributed by atoms with Gasteiger partial charge in [-0.3, -0.25) is 9.69 Å². The molecule has 1 amide bonds. The molecule has 4 nitrogen and oxygen atoms in total. The fraction of sp³-hybridized carbons (Fsp3) is 0.100. The summed E-state index contributed by atoms with van der Waals surface area (Å²) in [5.74, 6) is 0.152. The lowest BCUT2D eigenvalue weighted by Crippen LogP contribution is -2.31. The number of benzene rings is 2. The highest BCUT2D eigenvalue weighted by atomic mass is 35.5. The Morgan fingerprint density at radius 1 is 1.15 bits per heavy atom. The summed E-state index contributed by atoms with van der Waals surface area (Å²) in [7, 11) is 1.53. The first-order valence-corrected chi connectivity index (χ1v) is 8.28. The van der Waals surface area contributed by atoms with Gasteiger partial charge < -0.3 is 4.74 Å². The maximum absolute atomic E-state index is 14.2. The second-order valence-electron chi connectivity index (χ2n) is 5.51. The van der Waals surface area contributed by atoms with Crippen LogP contribution in [0.25, 0.3) is 0 Å². The lowest BCUT2D eigenvalue weighted by Gasteiger charge is -2.23. The lowest BCUT2D eigenvalue weighted by atomic mass is 10.1. The molecule has 3 rings (SSSR count). The van der Waals surface area contributed by atoms with Gasteiger partial charge in [-0.05, 0) is 42.5 Å². The standard InChI is InChI=1S/C20H16ClFN2O2/c1-26-15-7-4-6-14(12-15)20(25)24(19-10-2-3-11-23-19)13-16-17(21)8-5-9-18(16)22/h2-12H,13H2,1H3. The molecule has 0 aliphatic carbocycles. The topological polar surface area (TPSA) is 42.4 Å². The Morgan fingerprint density at radius 2 is 1.96 bits per heavy atom. The van der Waals surface area contributed by atoms with Crippen molar-refractivity contribution < 1.29 is 13.9 Å². The van der Waals surface area contributed by atoms with E-state index in [2.05, 4.69) is 4.98 Å². The highest BCUT2D eigenvalue weighted by Crippen LogP contribution is 2.25. The third-order valence-electron chi connectivity index (χ3n) is 3.87. The van der Waals surface area contributed by atoms with Crippen molar-refractivity contribution in [1.82, 2.24) is 4.98 Å². The van der Waals surface area contributed by atoms with Crippen LogP contribution in [0.2, 0.25) is 5.02 Å². The Hall–Kier alpha value is -2.92. The number of amides is 1. The predicted molar refractivity (Wildman–Crippen MR) is 99.2 cm³/mol. The molecule has 1 heterocycles. The molecule has 0 fully saturated rings. The summed E-state index contributed by atoms with van der Waals surface area (Å²) >= 11 is 6.14. The molecule has 6 heteroatoms. The van der Waals surface area contributed by atoms with Gasteiger partial charge in [0.2, 0.25) is 0 Å². The number of ether oxygens (including phenoxy) is 1. The third kappa shape index (κ3) is 3.83. The normalized spacial score (nSPS) is 10.4. The van der Waals surface area contributed by atoms with Crippen molar-refractivity contribution in [3.8, 4) is 5.75 Å². The molecule has 2 aromatic carbocycles. The summed E-state index contributed by atoms with van der Waals surface area (Å²) in [6, 6.07) is 16.4. The van der Waals surface area contributed by atoms with Crippen LogP contribution in [-0.4, -0.2) is 18.0 Å². The maximum atomic E-state index is 14.2. The number of carbonyl (C=O) groups is 1. The number of nitrogens with zero attached hydrogens (tertiary/aromatic N) is 2. The zero-order valence-electron chi connectivity index (χ0n) is 14.0. The summed E-state index contributed by atoms with van der Waals surface area (Å²) in [5.41, 5.74) is 0.638. The molecule has 0 spiro atoms. The number of pyridine rings is 1. The van der Waals surface area contributed by atoms with Crippen LogP contribution in [0.3, 0.4) is 0 Å². The quantitative estimate of drug-likeness (QED) is 0.652. The van der Waals surface area contributed by atoms with Crippen molar-refractivity contribution in [2.75, 3.05) is 12.0 Å². The third-order valence-corrected chi connectivity index (χ3v) is 4.22. The molecule has 0 saturated heterocycles. The van der Waals surface area contributed by atoms with E-state index in [9.17, 15) is 9.18 Å². The Kier molecular flexibility index (Phi) is 5.49. The number of methoxy groups -OCH3 is 1. The molecular formula is C20H16ClFN2O2. The molecule has 132 valence electrons. The van der Waals surface area contributed by atoms with Crippen LogP contribution in [0.1, 0.15) is 15.9 Å². The molecule has 0 bridgehead atoms. The predicted octanol–water partition coefficient (Wildman–Crippen LogP) is 4.73. The molecule has 1 aromatic heterocycles. The van der Waals surface area contributed by atoms with Crippen LogP contribution in [0.5, 0.6) is 5.75 Å². The summed E-state index contributed by atoms with van der Waals surface area (Å²) in [4.78, 5) is 18.7. The first-order valence-electron chi connectivity index (χ1n) is 7.90. The van der Waals surface area contributed by atoms with Crippen LogP contribution in [0.4, 0.5) is 10.2 Å². The zero-order valence-corrected chi connectivity index (χ0v) is 14.8. The molecule has 3 aromatic rings. The van der Waals surface area contributed by atoms with Crippen molar-refractivity contribution in [1.29, 1.82) is 0 Å². The minimum atomic E-state index is -0.475. The number of hydrogen-bond acceptors (Lipinski definition) is 3. The maximum Gasteiger partial charge on any atom is 0.259 e. The van der Waals surface area contributed by atoms with Crippen LogP contribution in [0, 0.1) is 5.82 Å². The second kappa shape index (κ2) is 7.97. The van der Waals surface area contributed by atoms with Crippen molar-refractivity contribution in [2.24, 2.45) is 0 Å². The summed E-state index contributed by atoms with van der Waals surface area (Å²) in [6.07, 6.45) is 1.57. The first kappa shape index (κ1) is 17.9. The van der Waals surface area contributed by atoms with Crippen molar-refractivity contribution >= 4 is 23.3 Å². The van der Waals surface area contributed by atoms with E-state index in [1.807, 2.05) is 0 Å². The van der Waals surface area contributed by atoms with Gasteiger partial charge in [-0.15, -0.1) is 0 Å². The van der Waals surface area contributed by atoms with Crippen LogP contribution < -0.4 is 9.64 Å². The number of carbonyl (C=O) groups excluding carboxylic acids is 1. The molecule has 0 unspecified atom stereocenters. The zero-order chi connectivity index (χ0) is 18.5. The van der Waals surface area contributed by atoms with Gasteiger partial charge in [-0.25, -0.2) is 9.37 Å². The average Bonchev–Trinajstić information content (AvgIpc) is 2.68. The summed E-state index contributed by atoms with van der Waals surface area (Å²) in [6.45, 7) is -0.0431. The van der Waals surface area contributed by atoms with E-state index in [0.29, 0.717) is 17.1 Å². The molecule has 0 radical (unpaired) electrons. The minimum Gasteiger partial charge on any atom is -0.497 e. The number of rotatable bonds is 5. The monoisotopic (exact) mass is 370 g/mol. The average molecular weight is 371 g/mol. The van der Waals surface area contributed by atoms with E-state index < -0.39 is 5.82 Å². The van der Waals surface area contributed by atoms with Crippen LogP contribution in [-0.2, 0) is 6.54 Å². The van der Waals surface area contributed by atoms with Crippen LogP contribution >= 0.6 is 11.6 Å². The highest BCUT2D eigenvalue weighted by molar-refractivity contribution is 6.31. The van der Waals surface area contributed by atoms with Gasteiger partial charge >= 0.3 is 0 Å². The molecule has 0 aliphatic rings. The highest BCUT2D eigenvalue weighted by Gasteiger charge is 2.22. The number of aromatic nitrogens is 1.